The van der Waals surface area contributed by atoms with Crippen LogP contribution in [0.3, 0.4) is 0 Å². The number of rotatable bonds is 6. The summed E-state index contributed by atoms with van der Waals surface area (Å²) in [5.41, 5.74) is 6.58. The largest absolute Gasteiger partial charge is 0.354 e. The first-order chi connectivity index (χ1) is 9.00. The van der Waals surface area contributed by atoms with E-state index >= 15 is 0 Å². The first-order valence-corrected chi connectivity index (χ1v) is 6.38. The first-order valence-electron chi connectivity index (χ1n) is 6.38. The summed E-state index contributed by atoms with van der Waals surface area (Å²) < 4.78 is 0. The Morgan fingerprint density at radius 2 is 1.79 bits per heavy atom. The van der Waals surface area contributed by atoms with Crippen LogP contribution in [0.25, 0.3) is 0 Å². The third kappa shape index (κ3) is 5.52. The molecule has 2 atom stereocenters. The summed E-state index contributed by atoms with van der Waals surface area (Å²) in [7, 11) is 0. The molecule has 0 bridgehead atoms. The van der Waals surface area contributed by atoms with Crippen LogP contribution in [0.4, 0.5) is 0 Å². The van der Waals surface area contributed by atoms with Crippen molar-refractivity contribution in [2.45, 2.75) is 32.4 Å². The highest BCUT2D eigenvalue weighted by atomic mass is 16.2. The average molecular weight is 263 g/mol. The Morgan fingerprint density at radius 1 is 1.16 bits per heavy atom. The van der Waals surface area contributed by atoms with Gasteiger partial charge < -0.3 is 16.4 Å². The van der Waals surface area contributed by atoms with Gasteiger partial charge in [0.15, 0.2) is 0 Å². The maximum absolute atomic E-state index is 11.7. The van der Waals surface area contributed by atoms with E-state index in [0.29, 0.717) is 6.54 Å². The van der Waals surface area contributed by atoms with Crippen molar-refractivity contribution in [2.24, 2.45) is 5.73 Å². The molecule has 104 valence electrons. The smallest absolute Gasteiger partial charge is 0.242 e. The quantitative estimate of drug-likeness (QED) is 0.685. The minimum Gasteiger partial charge on any atom is -0.354 e. The molecule has 0 radical (unpaired) electrons. The maximum Gasteiger partial charge on any atom is 0.242 e. The summed E-state index contributed by atoms with van der Waals surface area (Å²) in [5, 5.41) is 5.33. The summed E-state index contributed by atoms with van der Waals surface area (Å²) in [6.45, 7) is 3.76. The van der Waals surface area contributed by atoms with E-state index in [9.17, 15) is 9.59 Å². The zero-order valence-corrected chi connectivity index (χ0v) is 11.3. The molecule has 2 amide bonds. The molecule has 0 aliphatic carbocycles. The van der Waals surface area contributed by atoms with Crippen LogP contribution >= 0.6 is 0 Å². The van der Waals surface area contributed by atoms with Crippen LogP contribution in [0.2, 0.25) is 0 Å². The Bertz CT molecular complexity index is 418. The summed E-state index contributed by atoms with van der Waals surface area (Å²) in [4.78, 5) is 23.1. The number of hydrogen-bond donors (Lipinski definition) is 3. The van der Waals surface area contributed by atoms with Crippen molar-refractivity contribution in [3.05, 3.63) is 35.9 Å². The summed E-state index contributed by atoms with van der Waals surface area (Å²) in [6, 6.07) is 8.70. The van der Waals surface area contributed by atoms with E-state index in [1.807, 2.05) is 30.3 Å². The Hall–Kier alpha value is -1.88. The van der Waals surface area contributed by atoms with E-state index in [-0.39, 0.29) is 11.8 Å². The summed E-state index contributed by atoms with van der Waals surface area (Å²) in [5.74, 6) is -0.532. The van der Waals surface area contributed by atoms with Crippen molar-refractivity contribution < 1.29 is 9.59 Å². The van der Waals surface area contributed by atoms with Crippen LogP contribution < -0.4 is 16.4 Å². The fourth-order valence-electron chi connectivity index (χ4n) is 1.54. The minimum absolute atomic E-state index is 0.204. The molecule has 0 unspecified atom stereocenters. The zero-order valence-electron chi connectivity index (χ0n) is 11.3. The molecule has 0 aliphatic heterocycles. The van der Waals surface area contributed by atoms with Crippen molar-refractivity contribution in [3.63, 3.8) is 0 Å². The van der Waals surface area contributed by atoms with Crippen molar-refractivity contribution >= 4 is 11.8 Å². The first kappa shape index (κ1) is 15.2. The van der Waals surface area contributed by atoms with E-state index in [1.165, 1.54) is 0 Å². The standard InChI is InChI=1S/C14H21N3O2/c1-10(15)13(18)17-11(2)14(19)16-9-8-12-6-4-3-5-7-12/h3-7,10-11H,8-9,15H2,1-2H3,(H,16,19)(H,17,18)/t10-,11-/m0/s1. The monoisotopic (exact) mass is 263 g/mol. The van der Waals surface area contributed by atoms with Crippen LogP contribution in [-0.2, 0) is 16.0 Å². The lowest BCUT2D eigenvalue weighted by Gasteiger charge is -2.15. The predicted octanol–water partition coefficient (Wildman–Crippen LogP) is 0.197. The van der Waals surface area contributed by atoms with E-state index in [1.54, 1.807) is 13.8 Å². The maximum atomic E-state index is 11.7. The van der Waals surface area contributed by atoms with Gasteiger partial charge in [0.2, 0.25) is 11.8 Å². The number of carbonyl (C=O) groups excluding carboxylic acids is 2. The van der Waals surface area contributed by atoms with Gasteiger partial charge in [0.05, 0.1) is 6.04 Å². The van der Waals surface area contributed by atoms with Gasteiger partial charge in [0.25, 0.3) is 0 Å². The number of hydrogen-bond acceptors (Lipinski definition) is 3. The lowest BCUT2D eigenvalue weighted by molar-refractivity contribution is -0.129. The van der Waals surface area contributed by atoms with Gasteiger partial charge >= 0.3 is 0 Å². The van der Waals surface area contributed by atoms with Gasteiger partial charge in [-0.25, -0.2) is 0 Å². The fourth-order valence-corrected chi connectivity index (χ4v) is 1.54. The zero-order chi connectivity index (χ0) is 14.3. The van der Waals surface area contributed by atoms with Crippen LogP contribution in [0.5, 0.6) is 0 Å². The van der Waals surface area contributed by atoms with Crippen LogP contribution in [0.15, 0.2) is 30.3 Å². The number of nitrogens with two attached hydrogens (primary N) is 1. The van der Waals surface area contributed by atoms with E-state index in [4.69, 9.17) is 5.73 Å². The van der Waals surface area contributed by atoms with Crippen molar-refractivity contribution in [2.75, 3.05) is 6.54 Å². The van der Waals surface area contributed by atoms with Gasteiger partial charge in [-0.1, -0.05) is 30.3 Å². The second-order valence-corrected chi connectivity index (χ2v) is 4.55. The Labute approximate surface area is 113 Å². The van der Waals surface area contributed by atoms with Gasteiger partial charge in [-0.05, 0) is 25.8 Å². The second kappa shape index (κ2) is 7.53. The molecule has 0 aromatic heterocycles. The molecule has 1 aromatic carbocycles. The number of nitrogens with one attached hydrogen (secondary N) is 2. The van der Waals surface area contributed by atoms with Gasteiger partial charge in [-0.15, -0.1) is 0 Å². The van der Waals surface area contributed by atoms with Gasteiger partial charge in [0.1, 0.15) is 6.04 Å². The number of carbonyl (C=O) groups is 2. The molecule has 0 saturated heterocycles. The van der Waals surface area contributed by atoms with E-state index in [0.717, 1.165) is 12.0 Å². The van der Waals surface area contributed by atoms with Crippen LogP contribution in [0, 0.1) is 0 Å². The third-order valence-electron chi connectivity index (χ3n) is 2.72. The summed E-state index contributed by atoms with van der Waals surface area (Å²) in [6.07, 6.45) is 0.764. The highest BCUT2D eigenvalue weighted by Gasteiger charge is 2.16. The lowest BCUT2D eigenvalue weighted by atomic mass is 10.1. The predicted molar refractivity (Wildman–Crippen MR) is 74.4 cm³/mol. The van der Waals surface area contributed by atoms with Crippen LogP contribution in [-0.4, -0.2) is 30.4 Å². The molecule has 1 aromatic rings. The molecule has 0 aliphatic rings. The molecule has 0 saturated carbocycles. The summed E-state index contributed by atoms with van der Waals surface area (Å²) >= 11 is 0. The molecule has 0 spiro atoms. The third-order valence-corrected chi connectivity index (χ3v) is 2.72. The van der Waals surface area contributed by atoms with Gasteiger partial charge in [-0.3, -0.25) is 9.59 Å². The molecule has 5 heteroatoms. The van der Waals surface area contributed by atoms with Gasteiger partial charge in [0, 0.05) is 6.54 Å². The number of amides is 2. The highest BCUT2D eigenvalue weighted by molar-refractivity contribution is 5.89. The Morgan fingerprint density at radius 3 is 2.37 bits per heavy atom. The second-order valence-electron chi connectivity index (χ2n) is 4.55. The molecule has 0 fully saturated rings. The Balaban J connectivity index is 2.29. The molecular formula is C14H21N3O2. The van der Waals surface area contributed by atoms with Crippen molar-refractivity contribution in [3.8, 4) is 0 Å². The van der Waals surface area contributed by atoms with Crippen LogP contribution in [0.1, 0.15) is 19.4 Å². The topological polar surface area (TPSA) is 84.2 Å². The molecule has 5 nitrogen and oxygen atoms in total. The molecular weight excluding hydrogens is 242 g/mol. The van der Waals surface area contributed by atoms with E-state index in [2.05, 4.69) is 10.6 Å². The lowest BCUT2D eigenvalue weighted by Crippen LogP contribution is -2.49. The minimum atomic E-state index is -0.612. The molecule has 1 rings (SSSR count). The fraction of sp³-hybridized carbons (Fsp3) is 0.429. The van der Waals surface area contributed by atoms with Gasteiger partial charge in [-0.2, -0.15) is 0 Å². The molecule has 19 heavy (non-hydrogen) atoms. The normalized spacial score (nSPS) is 13.4. The highest BCUT2D eigenvalue weighted by Crippen LogP contribution is 1.98. The molecule has 4 N–H and O–H groups in total. The number of benzene rings is 1. The van der Waals surface area contributed by atoms with Crippen molar-refractivity contribution in [1.29, 1.82) is 0 Å². The van der Waals surface area contributed by atoms with E-state index < -0.39 is 12.1 Å². The SMILES string of the molecule is C[C@H](N)C(=O)N[C@@H](C)C(=O)NCCc1ccccc1. The average Bonchev–Trinajstić information content (AvgIpc) is 2.39. The Kier molecular flexibility index (Phi) is 6.02. The van der Waals surface area contributed by atoms with Crippen molar-refractivity contribution in [1.82, 2.24) is 10.6 Å². The molecule has 0 heterocycles.